The van der Waals surface area contributed by atoms with Crippen LogP contribution in [0.25, 0.3) is 0 Å². The van der Waals surface area contributed by atoms with Gasteiger partial charge in [0.2, 0.25) is 0 Å². The summed E-state index contributed by atoms with van der Waals surface area (Å²) in [6, 6.07) is 5.06. The summed E-state index contributed by atoms with van der Waals surface area (Å²) in [5.74, 6) is 1.17. The number of nitrogens with one attached hydrogen (secondary N) is 1. The van der Waals surface area contributed by atoms with Crippen LogP contribution in [0.3, 0.4) is 0 Å². The number of amides is 1. The van der Waals surface area contributed by atoms with Crippen LogP contribution in [0.15, 0.2) is 18.2 Å². The van der Waals surface area contributed by atoms with Crippen LogP contribution in [0.1, 0.15) is 6.92 Å². The van der Waals surface area contributed by atoms with Crippen LogP contribution in [0.4, 0.5) is 10.5 Å². The summed E-state index contributed by atoms with van der Waals surface area (Å²) >= 11 is 0. The maximum absolute atomic E-state index is 11.6. The first-order valence-electron chi connectivity index (χ1n) is 5.78. The lowest BCUT2D eigenvalue weighted by atomic mass is 10.3. The van der Waals surface area contributed by atoms with Gasteiger partial charge in [-0.3, -0.25) is 5.32 Å². The maximum Gasteiger partial charge on any atom is 0.411 e. The molecule has 0 aromatic heterocycles. The number of carbonyl (C=O) groups excluding carboxylic acids is 1. The average molecular weight is 269 g/mol. The Morgan fingerprint density at radius 1 is 1.16 bits per heavy atom. The van der Waals surface area contributed by atoms with Gasteiger partial charge in [0, 0.05) is 25.3 Å². The highest BCUT2D eigenvalue weighted by molar-refractivity contribution is 5.85. The largest absolute Gasteiger partial charge is 0.497 e. The molecule has 1 amide bonds. The number of carbonyl (C=O) groups is 1. The fraction of sp³-hybridized carbons (Fsp3) is 0.462. The van der Waals surface area contributed by atoms with E-state index in [1.807, 2.05) is 0 Å². The summed E-state index contributed by atoms with van der Waals surface area (Å²) in [6.45, 7) is 2.09. The lowest BCUT2D eigenvalue weighted by Crippen LogP contribution is -2.23. The molecule has 1 rings (SSSR count). The lowest BCUT2D eigenvalue weighted by Gasteiger charge is -2.14. The number of benzene rings is 1. The van der Waals surface area contributed by atoms with E-state index in [4.69, 9.17) is 18.9 Å². The Labute approximate surface area is 112 Å². The fourth-order valence-corrected chi connectivity index (χ4v) is 1.48. The number of hydrogen-bond donors (Lipinski definition) is 1. The third kappa shape index (κ3) is 5.05. The molecule has 0 heterocycles. The first-order valence-corrected chi connectivity index (χ1v) is 5.78. The third-order valence-corrected chi connectivity index (χ3v) is 2.31. The van der Waals surface area contributed by atoms with Crippen molar-refractivity contribution in [3.8, 4) is 11.5 Å². The summed E-state index contributed by atoms with van der Waals surface area (Å²) in [4.78, 5) is 11.6. The highest BCUT2D eigenvalue weighted by atomic mass is 16.6. The highest BCUT2D eigenvalue weighted by Crippen LogP contribution is 2.25. The predicted octanol–water partition coefficient (Wildman–Crippen LogP) is 2.29. The number of anilines is 1. The Balaban J connectivity index is 2.67. The van der Waals surface area contributed by atoms with Crippen LogP contribution in [0, 0.1) is 0 Å². The Kier molecular flexibility index (Phi) is 5.95. The number of rotatable bonds is 6. The highest BCUT2D eigenvalue weighted by Gasteiger charge is 2.10. The molecule has 0 aliphatic heterocycles. The van der Waals surface area contributed by atoms with Gasteiger partial charge in [-0.25, -0.2) is 4.79 Å². The van der Waals surface area contributed by atoms with E-state index < -0.39 is 6.09 Å². The number of methoxy groups -OCH3 is 3. The van der Waals surface area contributed by atoms with Crippen molar-refractivity contribution in [3.63, 3.8) is 0 Å². The Morgan fingerprint density at radius 3 is 2.21 bits per heavy atom. The fourth-order valence-electron chi connectivity index (χ4n) is 1.48. The van der Waals surface area contributed by atoms with Gasteiger partial charge < -0.3 is 18.9 Å². The SMILES string of the molecule is COCC(C)OC(=O)Nc1cc(OC)cc(OC)c1. The van der Waals surface area contributed by atoms with E-state index in [0.717, 1.165) is 0 Å². The van der Waals surface area contributed by atoms with Crippen molar-refractivity contribution in [2.45, 2.75) is 13.0 Å². The second kappa shape index (κ2) is 7.48. The molecule has 0 fully saturated rings. The molecule has 0 radical (unpaired) electrons. The van der Waals surface area contributed by atoms with Crippen LogP contribution in [0.5, 0.6) is 11.5 Å². The van der Waals surface area contributed by atoms with Gasteiger partial charge >= 0.3 is 6.09 Å². The molecule has 1 aromatic carbocycles. The molecule has 0 saturated heterocycles. The first kappa shape index (κ1) is 15.1. The minimum Gasteiger partial charge on any atom is -0.497 e. The van der Waals surface area contributed by atoms with E-state index in [2.05, 4.69) is 5.32 Å². The molecule has 6 heteroatoms. The van der Waals surface area contributed by atoms with E-state index >= 15 is 0 Å². The quantitative estimate of drug-likeness (QED) is 0.858. The zero-order chi connectivity index (χ0) is 14.3. The van der Waals surface area contributed by atoms with Crippen molar-refractivity contribution < 1.29 is 23.7 Å². The van der Waals surface area contributed by atoms with Crippen LogP contribution >= 0.6 is 0 Å². The summed E-state index contributed by atoms with van der Waals surface area (Å²) in [5, 5.41) is 2.60. The molecular formula is C13H19NO5. The van der Waals surface area contributed by atoms with Crippen molar-refractivity contribution in [2.24, 2.45) is 0 Å². The third-order valence-electron chi connectivity index (χ3n) is 2.31. The van der Waals surface area contributed by atoms with Crippen LogP contribution in [-0.4, -0.2) is 40.1 Å². The number of ether oxygens (including phenoxy) is 4. The molecule has 0 spiro atoms. The van der Waals surface area contributed by atoms with Gasteiger partial charge in [-0.15, -0.1) is 0 Å². The average Bonchev–Trinajstić information content (AvgIpc) is 2.38. The molecule has 1 unspecified atom stereocenters. The zero-order valence-corrected chi connectivity index (χ0v) is 11.6. The molecule has 106 valence electrons. The summed E-state index contributed by atoms with van der Waals surface area (Å²) in [5.41, 5.74) is 0.533. The van der Waals surface area contributed by atoms with Crippen molar-refractivity contribution in [1.82, 2.24) is 0 Å². The van der Waals surface area contributed by atoms with E-state index in [1.54, 1.807) is 32.2 Å². The maximum atomic E-state index is 11.6. The standard InChI is InChI=1S/C13H19NO5/c1-9(8-16-2)19-13(15)14-10-5-11(17-3)7-12(6-10)18-4/h5-7,9H,8H2,1-4H3,(H,14,15). The summed E-state index contributed by atoms with van der Waals surface area (Å²) < 4.78 is 20.2. The van der Waals surface area contributed by atoms with Gasteiger partial charge in [0.05, 0.1) is 26.5 Å². The predicted molar refractivity (Wildman–Crippen MR) is 71.0 cm³/mol. The first-order chi connectivity index (χ1) is 9.08. The monoisotopic (exact) mass is 269 g/mol. The van der Waals surface area contributed by atoms with Crippen molar-refractivity contribution in [2.75, 3.05) is 33.3 Å². The molecular weight excluding hydrogens is 250 g/mol. The molecule has 19 heavy (non-hydrogen) atoms. The normalized spacial score (nSPS) is 11.6. The van der Waals surface area contributed by atoms with E-state index in [0.29, 0.717) is 23.8 Å². The second-order valence-electron chi connectivity index (χ2n) is 3.90. The Hall–Kier alpha value is -1.95. The van der Waals surface area contributed by atoms with Gasteiger partial charge in [0.25, 0.3) is 0 Å². The smallest absolute Gasteiger partial charge is 0.411 e. The van der Waals surface area contributed by atoms with Gasteiger partial charge in [0.15, 0.2) is 0 Å². The van der Waals surface area contributed by atoms with Crippen LogP contribution in [0.2, 0.25) is 0 Å². The number of hydrogen-bond acceptors (Lipinski definition) is 5. The second-order valence-corrected chi connectivity index (χ2v) is 3.90. The molecule has 1 aromatic rings. The van der Waals surface area contributed by atoms with Crippen molar-refractivity contribution >= 4 is 11.8 Å². The molecule has 1 atom stereocenters. The van der Waals surface area contributed by atoms with Crippen molar-refractivity contribution in [1.29, 1.82) is 0 Å². The lowest BCUT2D eigenvalue weighted by molar-refractivity contribution is 0.0564. The molecule has 0 aliphatic carbocycles. The summed E-state index contributed by atoms with van der Waals surface area (Å²) in [6.07, 6.45) is -0.877. The molecule has 1 N–H and O–H groups in total. The van der Waals surface area contributed by atoms with E-state index in [-0.39, 0.29) is 6.10 Å². The summed E-state index contributed by atoms with van der Waals surface area (Å²) in [7, 11) is 4.62. The minimum atomic E-state index is -0.556. The molecule has 0 bridgehead atoms. The van der Waals surface area contributed by atoms with Gasteiger partial charge in [0.1, 0.15) is 17.6 Å². The Bertz CT molecular complexity index is 399. The van der Waals surface area contributed by atoms with Gasteiger partial charge in [-0.05, 0) is 6.92 Å². The topological polar surface area (TPSA) is 66.0 Å². The van der Waals surface area contributed by atoms with Gasteiger partial charge in [-0.2, -0.15) is 0 Å². The van der Waals surface area contributed by atoms with Gasteiger partial charge in [-0.1, -0.05) is 0 Å². The van der Waals surface area contributed by atoms with Crippen LogP contribution < -0.4 is 14.8 Å². The zero-order valence-electron chi connectivity index (χ0n) is 11.6. The minimum absolute atomic E-state index is 0.322. The van der Waals surface area contributed by atoms with Crippen LogP contribution in [-0.2, 0) is 9.47 Å². The Morgan fingerprint density at radius 2 is 1.74 bits per heavy atom. The molecule has 6 nitrogen and oxygen atoms in total. The van der Waals surface area contributed by atoms with Crippen molar-refractivity contribution in [3.05, 3.63) is 18.2 Å². The van der Waals surface area contributed by atoms with E-state index in [9.17, 15) is 4.79 Å². The molecule has 0 saturated carbocycles. The van der Waals surface area contributed by atoms with E-state index in [1.165, 1.54) is 14.2 Å². The molecule has 0 aliphatic rings.